The SMILES string of the molecule is CC#C[SiH2]. The van der Waals surface area contributed by atoms with E-state index in [0.29, 0.717) is 0 Å². The monoisotopic (exact) mass is 69.0 g/mol. The molecular formula is C3H5Si. The van der Waals surface area contributed by atoms with Gasteiger partial charge in [-0.05, 0) is 6.92 Å². The molecular weight excluding hydrogens is 64.1 g/mol. The van der Waals surface area contributed by atoms with E-state index in [4.69, 9.17) is 0 Å². The topological polar surface area (TPSA) is 0 Å². The van der Waals surface area contributed by atoms with Gasteiger partial charge < -0.3 is 0 Å². The summed E-state index contributed by atoms with van der Waals surface area (Å²) in [4.78, 5) is 0. The lowest BCUT2D eigenvalue weighted by molar-refractivity contribution is 1.93. The van der Waals surface area contributed by atoms with Crippen LogP contribution in [-0.2, 0) is 0 Å². The van der Waals surface area contributed by atoms with Crippen LogP contribution in [0.25, 0.3) is 0 Å². The predicted octanol–water partition coefficient (Wildman–Crippen LogP) is -0.400. The maximum Gasteiger partial charge on any atom is 0.107 e. The fourth-order valence-corrected chi connectivity index (χ4v) is 0. The molecule has 1 radical (unpaired) electrons. The van der Waals surface area contributed by atoms with Crippen molar-refractivity contribution in [3.63, 3.8) is 0 Å². The normalized spacial score (nSPS) is 3.50. The van der Waals surface area contributed by atoms with Gasteiger partial charge in [0.1, 0.15) is 10.2 Å². The van der Waals surface area contributed by atoms with Crippen molar-refractivity contribution in [2.24, 2.45) is 0 Å². The Labute approximate surface area is 29.6 Å². The molecule has 0 rings (SSSR count). The van der Waals surface area contributed by atoms with Gasteiger partial charge in [-0.1, -0.05) is 0 Å². The van der Waals surface area contributed by atoms with Crippen LogP contribution in [-0.4, -0.2) is 10.2 Å². The van der Waals surface area contributed by atoms with Crippen LogP contribution >= 0.6 is 0 Å². The van der Waals surface area contributed by atoms with Crippen LogP contribution < -0.4 is 0 Å². The van der Waals surface area contributed by atoms with Gasteiger partial charge in [0.05, 0.1) is 0 Å². The first kappa shape index (κ1) is 3.78. The summed E-state index contributed by atoms with van der Waals surface area (Å²) in [7, 11) is 1.66. The molecule has 0 aliphatic carbocycles. The highest BCUT2D eigenvalue weighted by molar-refractivity contribution is 6.22. The molecule has 1 heteroatoms. The van der Waals surface area contributed by atoms with Gasteiger partial charge in [0.15, 0.2) is 0 Å². The van der Waals surface area contributed by atoms with E-state index in [1.54, 1.807) is 10.2 Å². The van der Waals surface area contributed by atoms with Crippen LogP contribution in [0, 0.1) is 11.5 Å². The lowest BCUT2D eigenvalue weighted by Gasteiger charge is -1.40. The number of hydrogen-bond donors (Lipinski definition) is 0. The summed E-state index contributed by atoms with van der Waals surface area (Å²) >= 11 is 0. The lowest BCUT2D eigenvalue weighted by atomic mass is 10.8. The van der Waals surface area contributed by atoms with E-state index in [9.17, 15) is 0 Å². The van der Waals surface area contributed by atoms with E-state index >= 15 is 0 Å². The second-order valence-corrected chi connectivity index (χ2v) is 0.780. The van der Waals surface area contributed by atoms with Gasteiger partial charge in [0, 0.05) is 0 Å². The van der Waals surface area contributed by atoms with Gasteiger partial charge in [-0.15, -0.1) is 11.5 Å². The zero-order chi connectivity index (χ0) is 3.41. The molecule has 0 N–H and O–H groups in total. The average Bonchev–Trinajstić information content (AvgIpc) is 1.37. The van der Waals surface area contributed by atoms with Crippen molar-refractivity contribution < 1.29 is 0 Å². The van der Waals surface area contributed by atoms with Crippen LogP contribution in [0.1, 0.15) is 6.92 Å². The second-order valence-electron chi connectivity index (χ2n) is 0.427. The summed E-state index contributed by atoms with van der Waals surface area (Å²) in [5, 5.41) is 0. The Bertz CT molecular complexity index is 40.0. The van der Waals surface area contributed by atoms with Crippen molar-refractivity contribution in [1.29, 1.82) is 0 Å². The zero-order valence-corrected chi connectivity index (χ0v) is 4.12. The first-order chi connectivity index (χ1) is 1.91. The third kappa shape index (κ3) is 1.78. The van der Waals surface area contributed by atoms with Gasteiger partial charge in [-0.25, -0.2) is 0 Å². The minimum absolute atomic E-state index is 1.66. The molecule has 0 spiro atoms. The van der Waals surface area contributed by atoms with Crippen LogP contribution in [0.3, 0.4) is 0 Å². The van der Waals surface area contributed by atoms with E-state index < -0.39 is 0 Å². The molecule has 0 saturated carbocycles. The van der Waals surface area contributed by atoms with Gasteiger partial charge in [-0.3, -0.25) is 0 Å². The van der Waals surface area contributed by atoms with E-state index in [-0.39, 0.29) is 0 Å². The van der Waals surface area contributed by atoms with Gasteiger partial charge in [-0.2, -0.15) is 0 Å². The second kappa shape index (κ2) is 2.78. The largest absolute Gasteiger partial charge is 0.142 e. The number of hydrogen-bond acceptors (Lipinski definition) is 0. The molecule has 0 aliphatic rings. The molecule has 0 bridgehead atoms. The van der Waals surface area contributed by atoms with E-state index in [1.807, 2.05) is 6.92 Å². The highest BCUT2D eigenvalue weighted by atomic mass is 28.1. The van der Waals surface area contributed by atoms with Crippen molar-refractivity contribution in [2.75, 3.05) is 0 Å². The van der Waals surface area contributed by atoms with Crippen molar-refractivity contribution in [3.8, 4) is 11.5 Å². The Kier molecular flexibility index (Phi) is 2.62. The summed E-state index contributed by atoms with van der Waals surface area (Å²) < 4.78 is 0. The minimum atomic E-state index is 1.66. The summed E-state index contributed by atoms with van der Waals surface area (Å²) in [6, 6.07) is 0. The summed E-state index contributed by atoms with van der Waals surface area (Å²) in [5.41, 5.74) is 2.71. The maximum atomic E-state index is 2.71. The first-order valence-corrected chi connectivity index (χ1v) is 1.81. The Morgan fingerprint density at radius 1 is 1.75 bits per heavy atom. The smallest absolute Gasteiger partial charge is 0.107 e. The van der Waals surface area contributed by atoms with E-state index in [2.05, 4.69) is 11.5 Å². The van der Waals surface area contributed by atoms with Crippen molar-refractivity contribution in [3.05, 3.63) is 0 Å². The molecule has 0 fully saturated rings. The van der Waals surface area contributed by atoms with Gasteiger partial charge in [0.2, 0.25) is 0 Å². The third-order valence-electron chi connectivity index (χ3n) is 0.177. The highest BCUT2D eigenvalue weighted by Crippen LogP contribution is 1.32. The molecule has 0 saturated heterocycles. The molecule has 0 aromatic rings. The summed E-state index contributed by atoms with van der Waals surface area (Å²) in [6.45, 7) is 1.83. The molecule has 4 heavy (non-hydrogen) atoms. The van der Waals surface area contributed by atoms with Crippen LogP contribution in [0.2, 0.25) is 0 Å². The Balaban J connectivity index is 2.83. The molecule has 0 atom stereocenters. The molecule has 0 heterocycles. The quantitative estimate of drug-likeness (QED) is 0.268. The van der Waals surface area contributed by atoms with Gasteiger partial charge >= 0.3 is 0 Å². The predicted molar refractivity (Wildman–Crippen MR) is 22.0 cm³/mol. The molecule has 0 unspecified atom stereocenters. The van der Waals surface area contributed by atoms with E-state index in [1.165, 1.54) is 0 Å². The summed E-state index contributed by atoms with van der Waals surface area (Å²) in [6.07, 6.45) is 0. The zero-order valence-electron chi connectivity index (χ0n) is 2.71. The Morgan fingerprint density at radius 2 is 2.00 bits per heavy atom. The van der Waals surface area contributed by atoms with E-state index in [0.717, 1.165) is 0 Å². The third-order valence-corrected chi connectivity index (χ3v) is 0.530. The fraction of sp³-hybridized carbons (Fsp3) is 0.333. The average molecular weight is 69.2 g/mol. The summed E-state index contributed by atoms with van der Waals surface area (Å²) in [5.74, 6) is 2.69. The van der Waals surface area contributed by atoms with Crippen molar-refractivity contribution >= 4 is 10.2 Å². The lowest BCUT2D eigenvalue weighted by Crippen LogP contribution is -1.41. The minimum Gasteiger partial charge on any atom is -0.142 e. The molecule has 21 valence electrons. The van der Waals surface area contributed by atoms with Crippen LogP contribution in [0.15, 0.2) is 0 Å². The maximum absolute atomic E-state index is 2.71. The molecule has 0 amide bonds. The van der Waals surface area contributed by atoms with Crippen LogP contribution in [0.4, 0.5) is 0 Å². The standard InChI is InChI=1S/C3H5Si/c1-2-3-4/h4H2,1H3. The van der Waals surface area contributed by atoms with Crippen molar-refractivity contribution in [1.82, 2.24) is 0 Å². The van der Waals surface area contributed by atoms with Gasteiger partial charge in [0.25, 0.3) is 0 Å². The number of rotatable bonds is 0. The first-order valence-electron chi connectivity index (χ1n) is 1.10. The van der Waals surface area contributed by atoms with Crippen LogP contribution in [0.5, 0.6) is 0 Å². The fourth-order valence-electron chi connectivity index (χ4n) is 0. The Morgan fingerprint density at radius 3 is 2.00 bits per heavy atom. The highest BCUT2D eigenvalue weighted by Gasteiger charge is 1.27. The Hall–Kier alpha value is -0.223. The molecule has 0 nitrogen and oxygen atoms in total. The molecule has 0 aliphatic heterocycles. The van der Waals surface area contributed by atoms with Crippen molar-refractivity contribution in [2.45, 2.75) is 6.92 Å². The molecule has 0 aromatic carbocycles. The molecule has 0 aromatic heterocycles.